The molecule has 3 aromatic rings. The summed E-state index contributed by atoms with van der Waals surface area (Å²) >= 11 is 1.38. The fraction of sp³-hybridized carbons (Fsp3) is 0.182. The molecule has 1 heterocycles. The predicted molar refractivity (Wildman–Crippen MR) is 109 cm³/mol. The van der Waals surface area contributed by atoms with E-state index in [9.17, 15) is 9.59 Å². The van der Waals surface area contributed by atoms with Crippen LogP contribution in [0.3, 0.4) is 0 Å². The van der Waals surface area contributed by atoms with E-state index in [1.54, 1.807) is 6.07 Å². The monoisotopic (exact) mass is 378 g/mol. The predicted octanol–water partition coefficient (Wildman–Crippen LogP) is 4.08. The minimum absolute atomic E-state index is 0.101. The second kappa shape index (κ2) is 9.14. The fourth-order valence-electron chi connectivity index (χ4n) is 2.78. The number of amides is 2. The number of benzene rings is 2. The van der Waals surface area contributed by atoms with Gasteiger partial charge in [-0.15, -0.1) is 11.3 Å². The molecule has 0 aliphatic rings. The smallest absolute Gasteiger partial charge is 0.261 e. The normalized spacial score (nSPS) is 11.6. The highest BCUT2D eigenvalue weighted by Crippen LogP contribution is 2.22. The van der Waals surface area contributed by atoms with Gasteiger partial charge in [-0.2, -0.15) is 0 Å². The molecule has 2 N–H and O–H groups in total. The standard InChI is InChI=1S/C22H22N2O2S/c1-16-9-11-18(12-10-16)21(17-6-3-2-4-7-17)24-20(25)13-14-23-22(26)19-8-5-15-27-19/h2-12,15,21H,13-14H2,1H3,(H,23,26)(H,24,25). The maximum atomic E-state index is 12.5. The zero-order chi connectivity index (χ0) is 19.1. The average Bonchev–Trinajstić information content (AvgIpc) is 3.22. The Bertz CT molecular complexity index is 874. The van der Waals surface area contributed by atoms with E-state index in [0.29, 0.717) is 11.4 Å². The van der Waals surface area contributed by atoms with Gasteiger partial charge in [0.1, 0.15) is 0 Å². The minimum Gasteiger partial charge on any atom is -0.351 e. The van der Waals surface area contributed by atoms with Crippen molar-refractivity contribution in [3.8, 4) is 0 Å². The Balaban J connectivity index is 1.62. The Morgan fingerprint density at radius 1 is 0.926 bits per heavy atom. The highest BCUT2D eigenvalue weighted by molar-refractivity contribution is 7.12. The van der Waals surface area contributed by atoms with Crippen LogP contribution in [-0.2, 0) is 4.79 Å². The summed E-state index contributed by atoms with van der Waals surface area (Å²) in [6.45, 7) is 2.34. The largest absolute Gasteiger partial charge is 0.351 e. The van der Waals surface area contributed by atoms with Gasteiger partial charge < -0.3 is 10.6 Å². The van der Waals surface area contributed by atoms with Gasteiger partial charge in [0.05, 0.1) is 10.9 Å². The van der Waals surface area contributed by atoms with Gasteiger partial charge in [-0.1, -0.05) is 66.2 Å². The van der Waals surface area contributed by atoms with Gasteiger partial charge in [0.2, 0.25) is 5.91 Å². The Hall–Kier alpha value is -2.92. The van der Waals surface area contributed by atoms with E-state index >= 15 is 0 Å². The molecule has 0 aliphatic carbocycles. The molecule has 1 unspecified atom stereocenters. The van der Waals surface area contributed by atoms with Crippen LogP contribution in [0.5, 0.6) is 0 Å². The van der Waals surface area contributed by atoms with Gasteiger partial charge in [-0.05, 0) is 29.5 Å². The summed E-state index contributed by atoms with van der Waals surface area (Å²) < 4.78 is 0. The lowest BCUT2D eigenvalue weighted by molar-refractivity contribution is -0.121. The van der Waals surface area contributed by atoms with Crippen LogP contribution >= 0.6 is 11.3 Å². The molecule has 3 rings (SSSR count). The Morgan fingerprint density at radius 2 is 1.63 bits per heavy atom. The number of carbonyl (C=O) groups is 2. The van der Waals surface area contributed by atoms with Crippen molar-refractivity contribution in [3.05, 3.63) is 93.7 Å². The molecule has 2 aromatic carbocycles. The van der Waals surface area contributed by atoms with Crippen molar-refractivity contribution >= 4 is 23.2 Å². The lowest BCUT2D eigenvalue weighted by Gasteiger charge is -2.20. The molecule has 0 aliphatic heterocycles. The molecule has 27 heavy (non-hydrogen) atoms. The van der Waals surface area contributed by atoms with E-state index in [1.807, 2.05) is 73.0 Å². The summed E-state index contributed by atoms with van der Waals surface area (Å²) in [5.41, 5.74) is 3.23. The molecule has 0 fully saturated rings. The number of aryl methyl sites for hydroxylation is 1. The Kier molecular flexibility index (Phi) is 6.39. The van der Waals surface area contributed by atoms with Crippen molar-refractivity contribution in [2.45, 2.75) is 19.4 Å². The summed E-state index contributed by atoms with van der Waals surface area (Å²) in [7, 11) is 0. The number of hydrogen-bond acceptors (Lipinski definition) is 3. The number of carbonyl (C=O) groups excluding carboxylic acids is 2. The van der Waals surface area contributed by atoms with Crippen molar-refractivity contribution in [1.82, 2.24) is 10.6 Å². The molecule has 0 spiro atoms. The second-order valence-corrected chi connectivity index (χ2v) is 7.25. The fourth-order valence-corrected chi connectivity index (χ4v) is 3.42. The van der Waals surface area contributed by atoms with Gasteiger partial charge in [0, 0.05) is 13.0 Å². The number of rotatable bonds is 7. The highest BCUT2D eigenvalue weighted by atomic mass is 32.1. The molecule has 4 nitrogen and oxygen atoms in total. The summed E-state index contributed by atoms with van der Waals surface area (Å²) in [5, 5.41) is 7.73. The third-order valence-corrected chi connectivity index (χ3v) is 5.10. The van der Waals surface area contributed by atoms with Crippen molar-refractivity contribution in [1.29, 1.82) is 0 Å². The average molecular weight is 378 g/mol. The molecule has 5 heteroatoms. The molecule has 0 saturated heterocycles. The van der Waals surface area contributed by atoms with Crippen LogP contribution in [0.25, 0.3) is 0 Å². The second-order valence-electron chi connectivity index (χ2n) is 6.31. The number of nitrogens with one attached hydrogen (secondary N) is 2. The molecule has 138 valence electrons. The van der Waals surface area contributed by atoms with Crippen molar-refractivity contribution in [3.63, 3.8) is 0 Å². The van der Waals surface area contributed by atoms with Gasteiger partial charge >= 0.3 is 0 Å². The highest BCUT2D eigenvalue weighted by Gasteiger charge is 2.17. The first-order chi connectivity index (χ1) is 13.1. The van der Waals surface area contributed by atoms with Gasteiger partial charge in [-0.25, -0.2) is 0 Å². The first kappa shape index (κ1) is 18.9. The van der Waals surface area contributed by atoms with Crippen LogP contribution in [0.4, 0.5) is 0 Å². The van der Waals surface area contributed by atoms with E-state index < -0.39 is 0 Å². The first-order valence-electron chi connectivity index (χ1n) is 8.86. The van der Waals surface area contributed by atoms with Crippen LogP contribution in [-0.4, -0.2) is 18.4 Å². The molecule has 1 aromatic heterocycles. The quantitative estimate of drug-likeness (QED) is 0.651. The summed E-state index contributed by atoms with van der Waals surface area (Å²) in [4.78, 5) is 25.1. The maximum absolute atomic E-state index is 12.5. The van der Waals surface area contributed by atoms with Crippen molar-refractivity contribution in [2.24, 2.45) is 0 Å². The first-order valence-corrected chi connectivity index (χ1v) is 9.74. The minimum atomic E-state index is -0.215. The molecule has 1 atom stereocenters. The summed E-state index contributed by atoms with van der Waals surface area (Å²) in [6.07, 6.45) is 0.228. The topological polar surface area (TPSA) is 58.2 Å². The maximum Gasteiger partial charge on any atom is 0.261 e. The SMILES string of the molecule is Cc1ccc(C(NC(=O)CCNC(=O)c2cccs2)c2ccccc2)cc1. The molecule has 2 amide bonds. The third-order valence-electron chi connectivity index (χ3n) is 4.23. The van der Waals surface area contributed by atoms with E-state index in [0.717, 1.165) is 11.1 Å². The summed E-state index contributed by atoms with van der Waals surface area (Å²) in [6, 6.07) is 21.4. The molecular weight excluding hydrogens is 356 g/mol. The van der Waals surface area contributed by atoms with Crippen LogP contribution < -0.4 is 10.6 Å². The molecule has 0 bridgehead atoms. The van der Waals surface area contributed by atoms with Gasteiger partial charge in [-0.3, -0.25) is 9.59 Å². The lowest BCUT2D eigenvalue weighted by Crippen LogP contribution is -2.33. The van der Waals surface area contributed by atoms with Crippen molar-refractivity contribution in [2.75, 3.05) is 6.54 Å². The third kappa shape index (κ3) is 5.28. The van der Waals surface area contributed by atoms with E-state index in [-0.39, 0.29) is 24.3 Å². The van der Waals surface area contributed by atoms with Crippen LogP contribution in [0.2, 0.25) is 0 Å². The Labute approximate surface area is 163 Å². The lowest BCUT2D eigenvalue weighted by atomic mass is 9.97. The molecule has 0 radical (unpaired) electrons. The zero-order valence-corrected chi connectivity index (χ0v) is 16.0. The summed E-state index contributed by atoms with van der Waals surface area (Å²) in [5.74, 6) is -0.244. The van der Waals surface area contributed by atoms with E-state index in [2.05, 4.69) is 10.6 Å². The van der Waals surface area contributed by atoms with E-state index in [1.165, 1.54) is 16.9 Å². The Morgan fingerprint density at radius 3 is 2.30 bits per heavy atom. The van der Waals surface area contributed by atoms with Crippen LogP contribution in [0.15, 0.2) is 72.1 Å². The molecule has 0 saturated carbocycles. The van der Waals surface area contributed by atoms with Crippen LogP contribution in [0, 0.1) is 6.92 Å². The number of hydrogen-bond donors (Lipinski definition) is 2. The van der Waals surface area contributed by atoms with Crippen molar-refractivity contribution < 1.29 is 9.59 Å². The van der Waals surface area contributed by atoms with E-state index in [4.69, 9.17) is 0 Å². The van der Waals surface area contributed by atoms with Gasteiger partial charge in [0.15, 0.2) is 0 Å². The van der Waals surface area contributed by atoms with Crippen LogP contribution in [0.1, 0.15) is 38.8 Å². The number of thiophene rings is 1. The zero-order valence-electron chi connectivity index (χ0n) is 15.1. The van der Waals surface area contributed by atoms with Gasteiger partial charge in [0.25, 0.3) is 5.91 Å². The molecular formula is C22H22N2O2S.